The van der Waals surface area contributed by atoms with E-state index in [4.69, 9.17) is 5.26 Å². The van der Waals surface area contributed by atoms with Crippen LogP contribution in [0.25, 0.3) is 0 Å². The number of carbonyl (C=O) groups is 1. The number of nitrogens with zero attached hydrogens (tertiary/aromatic N) is 2. The monoisotopic (exact) mass is 234 g/mol. The fraction of sp³-hybridized carbons (Fsp3) is 0.385. The van der Waals surface area contributed by atoms with Crippen molar-refractivity contribution in [3.63, 3.8) is 0 Å². The topological polar surface area (TPSA) is 44.1 Å². The maximum absolute atomic E-state index is 12.7. The fourth-order valence-electron chi connectivity index (χ4n) is 1.43. The highest BCUT2D eigenvalue weighted by atomic mass is 19.1. The summed E-state index contributed by atoms with van der Waals surface area (Å²) in [6.45, 7) is 1.27. The second kappa shape index (κ2) is 6.77. The third kappa shape index (κ3) is 4.75. The molecule has 0 aliphatic carbocycles. The third-order valence-corrected chi connectivity index (χ3v) is 2.49. The minimum Gasteiger partial charge on any atom is -0.305 e. The number of ketones is 1. The average molecular weight is 234 g/mol. The van der Waals surface area contributed by atoms with Crippen molar-refractivity contribution in [1.29, 1.82) is 5.26 Å². The van der Waals surface area contributed by atoms with Gasteiger partial charge in [0.1, 0.15) is 5.82 Å². The van der Waals surface area contributed by atoms with E-state index in [1.54, 1.807) is 0 Å². The van der Waals surface area contributed by atoms with Gasteiger partial charge in [0.05, 0.1) is 6.07 Å². The second-order valence-corrected chi connectivity index (χ2v) is 3.89. The Morgan fingerprint density at radius 1 is 1.35 bits per heavy atom. The van der Waals surface area contributed by atoms with Gasteiger partial charge >= 0.3 is 0 Å². The Morgan fingerprint density at radius 2 is 2.00 bits per heavy atom. The Labute approximate surface area is 100 Å². The molecule has 0 spiro atoms. The molecule has 0 heterocycles. The first-order valence-electron chi connectivity index (χ1n) is 5.47. The Kier molecular flexibility index (Phi) is 5.31. The van der Waals surface area contributed by atoms with E-state index in [2.05, 4.69) is 6.07 Å². The molecule has 0 aliphatic heterocycles. The summed E-state index contributed by atoms with van der Waals surface area (Å²) in [4.78, 5) is 13.7. The van der Waals surface area contributed by atoms with Crippen LogP contribution in [0.1, 0.15) is 23.2 Å². The summed E-state index contributed by atoms with van der Waals surface area (Å²) in [6, 6.07) is 7.61. The van der Waals surface area contributed by atoms with Gasteiger partial charge in [0, 0.05) is 31.5 Å². The molecule has 1 aromatic rings. The molecular formula is C13H15FN2O. The van der Waals surface area contributed by atoms with Gasteiger partial charge in [-0.15, -0.1) is 0 Å². The zero-order valence-corrected chi connectivity index (χ0v) is 9.82. The largest absolute Gasteiger partial charge is 0.305 e. The zero-order chi connectivity index (χ0) is 12.7. The molecule has 0 amide bonds. The number of hydrogen-bond acceptors (Lipinski definition) is 3. The summed E-state index contributed by atoms with van der Waals surface area (Å²) in [5.74, 6) is -0.346. The summed E-state index contributed by atoms with van der Waals surface area (Å²) >= 11 is 0. The maximum Gasteiger partial charge on any atom is 0.164 e. The van der Waals surface area contributed by atoms with Crippen molar-refractivity contribution in [3.8, 4) is 6.07 Å². The Hall–Kier alpha value is -1.73. The van der Waals surface area contributed by atoms with Gasteiger partial charge in [-0.1, -0.05) is 0 Å². The van der Waals surface area contributed by atoms with Crippen molar-refractivity contribution in [3.05, 3.63) is 35.6 Å². The number of nitriles is 1. The number of hydrogen-bond donors (Lipinski definition) is 0. The minimum atomic E-state index is -0.340. The Bertz CT molecular complexity index is 408. The van der Waals surface area contributed by atoms with Crippen LogP contribution in [0.2, 0.25) is 0 Å². The predicted molar refractivity (Wildman–Crippen MR) is 63.1 cm³/mol. The Balaban J connectivity index is 2.40. The van der Waals surface area contributed by atoms with Gasteiger partial charge in [0.25, 0.3) is 0 Å². The SMILES string of the molecule is CN(CCC#N)CCC(=O)c1ccc(F)cc1. The van der Waals surface area contributed by atoms with Crippen LogP contribution in [0.4, 0.5) is 4.39 Å². The van der Waals surface area contributed by atoms with E-state index in [0.717, 1.165) is 0 Å². The molecule has 4 heteroatoms. The molecule has 0 aliphatic rings. The molecule has 0 saturated carbocycles. The van der Waals surface area contributed by atoms with Crippen molar-refractivity contribution >= 4 is 5.78 Å². The first kappa shape index (κ1) is 13.3. The van der Waals surface area contributed by atoms with Crippen LogP contribution in [0, 0.1) is 17.1 Å². The number of benzene rings is 1. The van der Waals surface area contributed by atoms with Gasteiger partial charge in [0.2, 0.25) is 0 Å². The van der Waals surface area contributed by atoms with Crippen molar-refractivity contribution in [2.75, 3.05) is 20.1 Å². The van der Waals surface area contributed by atoms with Crippen molar-refractivity contribution in [1.82, 2.24) is 4.90 Å². The van der Waals surface area contributed by atoms with Gasteiger partial charge in [0.15, 0.2) is 5.78 Å². The normalized spacial score (nSPS) is 10.2. The first-order valence-corrected chi connectivity index (χ1v) is 5.47. The molecule has 1 rings (SSSR count). The molecule has 0 radical (unpaired) electrons. The second-order valence-electron chi connectivity index (χ2n) is 3.89. The lowest BCUT2D eigenvalue weighted by Gasteiger charge is -2.13. The highest BCUT2D eigenvalue weighted by molar-refractivity contribution is 5.96. The lowest BCUT2D eigenvalue weighted by atomic mass is 10.1. The van der Waals surface area contributed by atoms with Gasteiger partial charge in [-0.3, -0.25) is 4.79 Å². The van der Waals surface area contributed by atoms with Gasteiger partial charge in [-0.2, -0.15) is 5.26 Å². The summed E-state index contributed by atoms with van der Waals surface area (Å²) in [5.41, 5.74) is 0.528. The molecular weight excluding hydrogens is 219 g/mol. The third-order valence-electron chi connectivity index (χ3n) is 2.49. The summed E-state index contributed by atoms with van der Waals surface area (Å²) in [7, 11) is 1.87. The number of halogens is 1. The van der Waals surface area contributed by atoms with E-state index in [1.165, 1.54) is 24.3 Å². The minimum absolute atomic E-state index is 0.00573. The lowest BCUT2D eigenvalue weighted by molar-refractivity contribution is 0.0969. The smallest absolute Gasteiger partial charge is 0.164 e. The van der Waals surface area contributed by atoms with Crippen molar-refractivity contribution in [2.24, 2.45) is 0 Å². The van der Waals surface area contributed by atoms with E-state index in [0.29, 0.717) is 31.5 Å². The number of rotatable bonds is 6. The molecule has 0 bridgehead atoms. The van der Waals surface area contributed by atoms with Crippen LogP contribution in [0.5, 0.6) is 0 Å². The summed E-state index contributed by atoms with van der Waals surface area (Å²) in [5, 5.41) is 8.42. The zero-order valence-electron chi connectivity index (χ0n) is 9.82. The van der Waals surface area contributed by atoms with Crippen molar-refractivity contribution in [2.45, 2.75) is 12.8 Å². The predicted octanol–water partition coefficient (Wildman–Crippen LogP) is 2.24. The van der Waals surface area contributed by atoms with E-state index >= 15 is 0 Å². The first-order chi connectivity index (χ1) is 8.13. The standard InChI is InChI=1S/C13H15FN2O/c1-16(9-2-8-15)10-7-13(17)11-3-5-12(14)6-4-11/h3-6H,2,7,9-10H2,1H3. The molecule has 1 aromatic carbocycles. The van der Waals surface area contributed by atoms with E-state index < -0.39 is 0 Å². The summed E-state index contributed by atoms with van der Waals surface area (Å²) < 4.78 is 12.7. The highest BCUT2D eigenvalue weighted by Gasteiger charge is 2.07. The molecule has 0 aromatic heterocycles. The molecule has 0 unspecified atom stereocenters. The maximum atomic E-state index is 12.7. The van der Waals surface area contributed by atoms with Gasteiger partial charge in [-0.05, 0) is 31.3 Å². The van der Waals surface area contributed by atoms with Gasteiger partial charge in [-0.25, -0.2) is 4.39 Å². The molecule has 0 fully saturated rings. The van der Waals surface area contributed by atoms with Crippen LogP contribution in [-0.4, -0.2) is 30.8 Å². The van der Waals surface area contributed by atoms with E-state index in [9.17, 15) is 9.18 Å². The summed E-state index contributed by atoms with van der Waals surface area (Å²) in [6.07, 6.45) is 0.842. The van der Waals surface area contributed by atoms with E-state index in [-0.39, 0.29) is 11.6 Å². The van der Waals surface area contributed by atoms with Crippen molar-refractivity contribution < 1.29 is 9.18 Å². The van der Waals surface area contributed by atoms with Crippen LogP contribution in [0.15, 0.2) is 24.3 Å². The van der Waals surface area contributed by atoms with E-state index in [1.807, 2.05) is 11.9 Å². The van der Waals surface area contributed by atoms with Crippen LogP contribution >= 0.6 is 0 Å². The van der Waals surface area contributed by atoms with Crippen LogP contribution in [-0.2, 0) is 0 Å². The van der Waals surface area contributed by atoms with Crippen LogP contribution < -0.4 is 0 Å². The number of carbonyl (C=O) groups excluding carboxylic acids is 1. The van der Waals surface area contributed by atoms with Gasteiger partial charge < -0.3 is 4.90 Å². The highest BCUT2D eigenvalue weighted by Crippen LogP contribution is 2.06. The number of Topliss-reactive ketones (excluding diaryl/α,β-unsaturated/α-hetero) is 1. The molecule has 0 atom stereocenters. The molecule has 0 saturated heterocycles. The quantitative estimate of drug-likeness (QED) is 0.709. The Morgan fingerprint density at radius 3 is 2.59 bits per heavy atom. The lowest BCUT2D eigenvalue weighted by Crippen LogP contribution is -2.22. The molecule has 17 heavy (non-hydrogen) atoms. The molecule has 0 N–H and O–H groups in total. The molecule has 90 valence electrons. The molecule has 3 nitrogen and oxygen atoms in total. The average Bonchev–Trinajstić information content (AvgIpc) is 2.34. The fourth-order valence-corrected chi connectivity index (χ4v) is 1.43. The van der Waals surface area contributed by atoms with Crippen LogP contribution in [0.3, 0.4) is 0 Å².